The number of aromatic amines is 1. The number of carbonyl (C=O) groups is 2. The van der Waals surface area contributed by atoms with Crippen molar-refractivity contribution in [1.29, 1.82) is 0 Å². The molecule has 2 aromatic heterocycles. The molecule has 2 amide bonds. The number of anilines is 2. The number of ether oxygens (including phenoxy) is 1. The third-order valence-electron chi connectivity index (χ3n) is 6.97. The Morgan fingerprint density at radius 3 is 2.57 bits per heavy atom. The first-order valence-corrected chi connectivity index (χ1v) is 12.3. The SMILES string of the molecule is COc1cc(NC(=O)C2CCC(n3c(=O)[nH]c4c(NC(=O)c5cc(C)on5)cccc43)CC2)ccc1C. The van der Waals surface area contributed by atoms with Gasteiger partial charge in [-0.05, 0) is 63.3 Å². The van der Waals surface area contributed by atoms with Crippen LogP contribution in [-0.2, 0) is 4.79 Å². The van der Waals surface area contributed by atoms with E-state index in [4.69, 9.17) is 9.26 Å². The molecule has 5 rings (SSSR count). The van der Waals surface area contributed by atoms with E-state index in [0.29, 0.717) is 53.9 Å². The summed E-state index contributed by atoms with van der Waals surface area (Å²) in [5.41, 5.74) is 3.37. The number of nitrogens with zero attached hydrogens (tertiary/aromatic N) is 2. The normalized spacial score (nSPS) is 17.5. The fraction of sp³-hybridized carbons (Fsp3) is 0.333. The van der Waals surface area contributed by atoms with E-state index in [2.05, 4.69) is 20.8 Å². The van der Waals surface area contributed by atoms with Crippen LogP contribution in [-0.4, -0.2) is 33.6 Å². The van der Waals surface area contributed by atoms with Crippen LogP contribution in [0, 0.1) is 19.8 Å². The van der Waals surface area contributed by atoms with Gasteiger partial charge in [0, 0.05) is 29.8 Å². The van der Waals surface area contributed by atoms with Crippen molar-refractivity contribution in [1.82, 2.24) is 14.7 Å². The monoisotopic (exact) mass is 503 g/mol. The van der Waals surface area contributed by atoms with Crippen LogP contribution in [0.1, 0.15) is 53.5 Å². The second kappa shape index (κ2) is 9.96. The molecule has 0 bridgehead atoms. The van der Waals surface area contributed by atoms with Crippen molar-refractivity contribution in [2.24, 2.45) is 5.92 Å². The van der Waals surface area contributed by atoms with Crippen LogP contribution in [0.5, 0.6) is 5.75 Å². The average Bonchev–Trinajstić information content (AvgIpc) is 3.48. The number of amides is 2. The number of fused-ring (bicyclic) bond motifs is 1. The lowest BCUT2D eigenvalue weighted by Crippen LogP contribution is -2.31. The summed E-state index contributed by atoms with van der Waals surface area (Å²) in [6.07, 6.45) is 2.72. The van der Waals surface area contributed by atoms with Crippen LogP contribution in [0.25, 0.3) is 11.0 Å². The topological polar surface area (TPSA) is 131 Å². The fourth-order valence-electron chi connectivity index (χ4n) is 5.01. The van der Waals surface area contributed by atoms with Crippen LogP contribution in [0.2, 0.25) is 0 Å². The lowest BCUT2D eigenvalue weighted by molar-refractivity contribution is -0.121. The van der Waals surface area contributed by atoms with Gasteiger partial charge in [-0.1, -0.05) is 17.3 Å². The number of hydrogen-bond acceptors (Lipinski definition) is 6. The molecule has 0 spiro atoms. The molecule has 2 heterocycles. The van der Waals surface area contributed by atoms with Gasteiger partial charge >= 0.3 is 5.69 Å². The van der Waals surface area contributed by atoms with Crippen LogP contribution in [0.3, 0.4) is 0 Å². The summed E-state index contributed by atoms with van der Waals surface area (Å²) in [6.45, 7) is 3.66. The van der Waals surface area contributed by atoms with E-state index < -0.39 is 5.91 Å². The minimum absolute atomic E-state index is 0.0243. The molecule has 4 aromatic rings. The Kier molecular flexibility index (Phi) is 6.56. The molecule has 1 saturated carbocycles. The second-order valence-electron chi connectivity index (χ2n) is 9.46. The van der Waals surface area contributed by atoms with E-state index in [0.717, 1.165) is 11.3 Å². The largest absolute Gasteiger partial charge is 0.496 e. The van der Waals surface area contributed by atoms with Gasteiger partial charge in [0.05, 0.1) is 23.8 Å². The number of benzene rings is 2. The van der Waals surface area contributed by atoms with Crippen LogP contribution in [0.4, 0.5) is 11.4 Å². The van der Waals surface area contributed by atoms with E-state index >= 15 is 0 Å². The summed E-state index contributed by atoms with van der Waals surface area (Å²) >= 11 is 0. The quantitative estimate of drug-likeness (QED) is 0.353. The van der Waals surface area contributed by atoms with Crippen molar-refractivity contribution >= 4 is 34.2 Å². The van der Waals surface area contributed by atoms with Gasteiger partial charge in [-0.3, -0.25) is 14.2 Å². The molecule has 1 aliphatic rings. The van der Waals surface area contributed by atoms with Crippen LogP contribution < -0.4 is 21.1 Å². The van der Waals surface area contributed by atoms with Crippen molar-refractivity contribution in [2.45, 2.75) is 45.6 Å². The minimum atomic E-state index is -0.421. The number of nitrogens with one attached hydrogen (secondary N) is 3. The number of hydrogen-bond donors (Lipinski definition) is 3. The maximum atomic E-state index is 13.0. The predicted octanol–water partition coefficient (Wildman–Crippen LogP) is 4.57. The molecule has 37 heavy (non-hydrogen) atoms. The summed E-state index contributed by atoms with van der Waals surface area (Å²) in [5.74, 6) is 0.683. The van der Waals surface area contributed by atoms with E-state index in [1.165, 1.54) is 0 Å². The number of para-hydroxylation sites is 1. The van der Waals surface area contributed by atoms with Gasteiger partial charge in [0.15, 0.2) is 5.69 Å². The zero-order valence-corrected chi connectivity index (χ0v) is 21.0. The molecule has 10 heteroatoms. The van der Waals surface area contributed by atoms with E-state index in [9.17, 15) is 14.4 Å². The highest BCUT2D eigenvalue weighted by molar-refractivity contribution is 6.07. The lowest BCUT2D eigenvalue weighted by Gasteiger charge is -2.28. The molecule has 0 saturated heterocycles. The van der Waals surface area contributed by atoms with Crippen molar-refractivity contribution in [3.63, 3.8) is 0 Å². The van der Waals surface area contributed by atoms with E-state index in [1.54, 1.807) is 36.8 Å². The second-order valence-corrected chi connectivity index (χ2v) is 9.46. The summed E-state index contributed by atoms with van der Waals surface area (Å²) in [4.78, 5) is 41.3. The molecule has 2 aromatic carbocycles. The first-order chi connectivity index (χ1) is 17.8. The molecule has 0 radical (unpaired) electrons. The Morgan fingerprint density at radius 2 is 1.86 bits per heavy atom. The molecular formula is C27H29N5O5. The molecule has 0 aliphatic heterocycles. The number of aromatic nitrogens is 3. The number of rotatable bonds is 6. The Balaban J connectivity index is 1.28. The maximum Gasteiger partial charge on any atom is 0.326 e. The van der Waals surface area contributed by atoms with Gasteiger partial charge in [-0.2, -0.15) is 0 Å². The zero-order chi connectivity index (χ0) is 26.1. The molecule has 3 N–H and O–H groups in total. The van der Waals surface area contributed by atoms with Crippen LogP contribution in [0.15, 0.2) is 51.8 Å². The van der Waals surface area contributed by atoms with Crippen molar-refractivity contribution in [2.75, 3.05) is 17.7 Å². The third kappa shape index (κ3) is 4.87. The fourth-order valence-corrected chi connectivity index (χ4v) is 5.01. The van der Waals surface area contributed by atoms with Crippen molar-refractivity contribution < 1.29 is 18.8 Å². The van der Waals surface area contributed by atoms with Gasteiger partial charge in [0.1, 0.15) is 11.5 Å². The smallest absolute Gasteiger partial charge is 0.326 e. The van der Waals surface area contributed by atoms with Gasteiger partial charge < -0.3 is 24.9 Å². The summed E-state index contributed by atoms with van der Waals surface area (Å²) in [6, 6.07) is 12.5. The highest BCUT2D eigenvalue weighted by atomic mass is 16.5. The van der Waals surface area contributed by atoms with Gasteiger partial charge in [-0.15, -0.1) is 0 Å². The van der Waals surface area contributed by atoms with Gasteiger partial charge in [-0.25, -0.2) is 4.79 Å². The number of H-pyrrole nitrogens is 1. The van der Waals surface area contributed by atoms with Crippen LogP contribution >= 0.6 is 0 Å². The Morgan fingerprint density at radius 1 is 1.08 bits per heavy atom. The standard InChI is InChI=1S/C27H29N5O5/c1-15-7-10-18(14-23(15)36-3)28-25(33)17-8-11-19(12-9-17)32-22-6-4-5-20(24(22)30-27(32)35)29-26(34)21-13-16(2)37-31-21/h4-7,10,13-14,17,19H,8-9,11-12H2,1-3H3,(H,28,33)(H,29,34)(H,30,35). The first kappa shape index (κ1) is 24.4. The van der Waals surface area contributed by atoms with Gasteiger partial charge in [0.25, 0.3) is 5.91 Å². The first-order valence-electron chi connectivity index (χ1n) is 12.3. The summed E-state index contributed by atoms with van der Waals surface area (Å²) in [7, 11) is 1.61. The number of aryl methyl sites for hydroxylation is 2. The molecule has 192 valence electrons. The summed E-state index contributed by atoms with van der Waals surface area (Å²) < 4.78 is 12.1. The van der Waals surface area contributed by atoms with Crippen molar-refractivity contribution in [3.8, 4) is 5.75 Å². The minimum Gasteiger partial charge on any atom is -0.496 e. The van der Waals surface area contributed by atoms with E-state index in [-0.39, 0.29) is 29.3 Å². The predicted molar refractivity (Wildman–Crippen MR) is 139 cm³/mol. The van der Waals surface area contributed by atoms with Crippen molar-refractivity contribution in [3.05, 3.63) is 70.0 Å². The molecule has 0 unspecified atom stereocenters. The average molecular weight is 504 g/mol. The van der Waals surface area contributed by atoms with E-state index in [1.807, 2.05) is 31.2 Å². The Hall–Kier alpha value is -4.34. The molecule has 1 aliphatic carbocycles. The molecule has 10 nitrogen and oxygen atoms in total. The lowest BCUT2D eigenvalue weighted by atomic mass is 9.85. The Labute approximate surface area is 213 Å². The molecule has 0 atom stereocenters. The number of methoxy groups -OCH3 is 1. The molecular weight excluding hydrogens is 474 g/mol. The number of carbonyl (C=O) groups excluding carboxylic acids is 2. The number of imidazole rings is 1. The highest BCUT2D eigenvalue weighted by Crippen LogP contribution is 2.35. The van der Waals surface area contributed by atoms with Gasteiger partial charge in [0.2, 0.25) is 5.91 Å². The third-order valence-corrected chi connectivity index (χ3v) is 6.97. The summed E-state index contributed by atoms with van der Waals surface area (Å²) in [5, 5.41) is 9.55. The maximum absolute atomic E-state index is 13.0. The zero-order valence-electron chi connectivity index (χ0n) is 21.0. The molecule has 1 fully saturated rings. The highest BCUT2D eigenvalue weighted by Gasteiger charge is 2.29. The Bertz CT molecular complexity index is 1520.